The van der Waals surface area contributed by atoms with E-state index in [1.54, 1.807) is 36.0 Å². The van der Waals surface area contributed by atoms with Gasteiger partial charge in [0.2, 0.25) is 0 Å². The minimum absolute atomic E-state index is 0. The Kier molecular flexibility index (Phi) is 8.44. The van der Waals surface area contributed by atoms with Crippen LogP contribution < -0.4 is 0 Å². The molecule has 4 heterocycles. The van der Waals surface area contributed by atoms with E-state index in [0.717, 1.165) is 30.4 Å². The number of halogens is 1. The monoisotopic (exact) mass is 522 g/mol. The first kappa shape index (κ1) is 27.3. The molecular formula is C29H35FN4O4. The quantitative estimate of drug-likeness (QED) is 0.263. The van der Waals surface area contributed by atoms with Crippen molar-refractivity contribution in [2.45, 2.75) is 60.0 Å². The van der Waals surface area contributed by atoms with Crippen LogP contribution in [0.5, 0.6) is 0 Å². The molecule has 0 unspecified atom stereocenters. The second-order valence-electron chi connectivity index (χ2n) is 9.53. The number of esters is 2. The zero-order valence-corrected chi connectivity index (χ0v) is 21.2. The number of nitrogens with zero attached hydrogens (tertiary/aromatic N) is 4. The Morgan fingerprint density at radius 2 is 1.47 bits per heavy atom. The summed E-state index contributed by atoms with van der Waals surface area (Å²) in [6, 6.07) is 9.06. The van der Waals surface area contributed by atoms with Gasteiger partial charge < -0.3 is 18.6 Å². The van der Waals surface area contributed by atoms with Crippen molar-refractivity contribution in [1.82, 2.24) is 19.1 Å². The molecule has 0 N–H and O–H groups in total. The molecule has 2 aliphatic rings. The maximum absolute atomic E-state index is 14.4. The van der Waals surface area contributed by atoms with Crippen molar-refractivity contribution in [1.29, 1.82) is 0 Å². The van der Waals surface area contributed by atoms with Crippen molar-refractivity contribution in [2.24, 2.45) is 11.8 Å². The van der Waals surface area contributed by atoms with Crippen LogP contribution in [0.1, 0.15) is 67.9 Å². The number of aromatic nitrogens is 4. The summed E-state index contributed by atoms with van der Waals surface area (Å²) < 4.78 is 28.1. The lowest BCUT2D eigenvalue weighted by Gasteiger charge is -2.08. The second-order valence-corrected chi connectivity index (χ2v) is 9.53. The van der Waals surface area contributed by atoms with E-state index in [9.17, 15) is 14.0 Å². The predicted molar refractivity (Wildman–Crippen MR) is 144 cm³/mol. The minimum Gasteiger partial charge on any atom is -0.461 e. The fraction of sp³-hybridized carbons (Fsp3) is 0.448. The zero-order valence-electron chi connectivity index (χ0n) is 21.2. The van der Waals surface area contributed by atoms with E-state index in [2.05, 4.69) is 9.97 Å². The summed E-state index contributed by atoms with van der Waals surface area (Å²) in [6.45, 7) is 5.67. The summed E-state index contributed by atoms with van der Waals surface area (Å²) >= 11 is 0. The highest BCUT2D eigenvalue weighted by Gasteiger charge is 2.30. The highest BCUT2D eigenvalue weighted by atomic mass is 19.1. The second kappa shape index (κ2) is 11.8. The van der Waals surface area contributed by atoms with Crippen LogP contribution in [-0.2, 0) is 22.6 Å². The van der Waals surface area contributed by atoms with Crippen LogP contribution in [0.3, 0.4) is 0 Å². The number of rotatable bonds is 8. The maximum atomic E-state index is 14.4. The third kappa shape index (κ3) is 5.71. The van der Waals surface area contributed by atoms with Gasteiger partial charge in [0.15, 0.2) is 11.5 Å². The molecular weight excluding hydrogens is 487 g/mol. The predicted octanol–water partition coefficient (Wildman–Crippen LogP) is 6.02. The molecule has 38 heavy (non-hydrogen) atoms. The van der Waals surface area contributed by atoms with E-state index in [0.29, 0.717) is 41.7 Å². The van der Waals surface area contributed by atoms with Crippen LogP contribution in [0.4, 0.5) is 4.39 Å². The molecule has 0 amide bonds. The van der Waals surface area contributed by atoms with E-state index in [4.69, 9.17) is 9.47 Å². The molecule has 2 fully saturated rings. The van der Waals surface area contributed by atoms with Crippen LogP contribution in [0.2, 0.25) is 0 Å². The van der Waals surface area contributed by atoms with E-state index in [1.165, 1.54) is 12.8 Å². The van der Waals surface area contributed by atoms with Gasteiger partial charge >= 0.3 is 11.9 Å². The lowest BCUT2D eigenvalue weighted by molar-refractivity contribution is 0.0501. The number of pyridine rings is 2. The Balaban J connectivity index is 0.000000173. The van der Waals surface area contributed by atoms with E-state index in [1.807, 2.05) is 29.7 Å². The molecule has 4 aromatic heterocycles. The van der Waals surface area contributed by atoms with Gasteiger partial charge in [-0.2, -0.15) is 0 Å². The van der Waals surface area contributed by atoms with Crippen molar-refractivity contribution < 1.29 is 23.5 Å². The van der Waals surface area contributed by atoms with E-state index >= 15 is 0 Å². The first-order chi connectivity index (χ1) is 18.0. The Morgan fingerprint density at radius 1 is 0.895 bits per heavy atom. The summed E-state index contributed by atoms with van der Waals surface area (Å²) in [5.74, 6) is -0.182. The van der Waals surface area contributed by atoms with Crippen LogP contribution in [0, 0.1) is 17.7 Å². The number of hydrogen-bond donors (Lipinski definition) is 0. The van der Waals surface area contributed by atoms with Gasteiger partial charge in [0.05, 0.1) is 18.6 Å². The topological polar surface area (TPSA) is 88.2 Å². The van der Waals surface area contributed by atoms with Gasteiger partial charge in [-0.25, -0.2) is 23.9 Å². The third-order valence-electron chi connectivity index (χ3n) is 6.64. The molecule has 0 radical (unpaired) electrons. The normalized spacial score (nSPS) is 14.5. The molecule has 2 aliphatic carbocycles. The number of hydrogen-bond acceptors (Lipinski definition) is 6. The fourth-order valence-corrected chi connectivity index (χ4v) is 4.48. The molecule has 4 aromatic rings. The Bertz CT molecular complexity index is 1440. The van der Waals surface area contributed by atoms with Crippen LogP contribution in [0.25, 0.3) is 22.1 Å². The third-order valence-corrected chi connectivity index (χ3v) is 6.64. The van der Waals surface area contributed by atoms with Crippen molar-refractivity contribution in [2.75, 3.05) is 13.2 Å². The number of carbonyl (C=O) groups is 2. The van der Waals surface area contributed by atoms with Crippen molar-refractivity contribution in [3.05, 3.63) is 59.9 Å². The number of carbonyl (C=O) groups excluding carboxylic acids is 2. The molecule has 0 aliphatic heterocycles. The molecule has 202 valence electrons. The first-order valence-electron chi connectivity index (χ1n) is 12.9. The molecule has 0 atom stereocenters. The molecule has 9 heteroatoms. The lowest BCUT2D eigenvalue weighted by atomic mass is 10.3. The maximum Gasteiger partial charge on any atom is 0.358 e. The van der Waals surface area contributed by atoms with Crippen molar-refractivity contribution in [3.8, 4) is 0 Å². The van der Waals surface area contributed by atoms with Gasteiger partial charge in [0, 0.05) is 30.9 Å². The molecule has 8 nitrogen and oxygen atoms in total. The first-order valence-corrected chi connectivity index (χ1v) is 12.9. The van der Waals surface area contributed by atoms with Gasteiger partial charge in [0.1, 0.15) is 17.0 Å². The summed E-state index contributed by atoms with van der Waals surface area (Å²) in [7, 11) is 0. The smallest absolute Gasteiger partial charge is 0.358 e. The molecule has 6 rings (SSSR count). The Morgan fingerprint density at radius 3 is 2.11 bits per heavy atom. The highest BCUT2D eigenvalue weighted by molar-refractivity contribution is 5.95. The Labute approximate surface area is 221 Å². The van der Waals surface area contributed by atoms with Gasteiger partial charge in [-0.15, -0.1) is 0 Å². The molecule has 0 aromatic carbocycles. The summed E-state index contributed by atoms with van der Waals surface area (Å²) in [5, 5.41) is 1.38. The highest BCUT2D eigenvalue weighted by Crippen LogP contribution is 2.34. The van der Waals surface area contributed by atoms with Gasteiger partial charge in [0.25, 0.3) is 0 Å². The fourth-order valence-electron chi connectivity index (χ4n) is 4.48. The Hall–Kier alpha value is -3.75. The van der Waals surface area contributed by atoms with Crippen LogP contribution >= 0.6 is 0 Å². The summed E-state index contributed by atoms with van der Waals surface area (Å²) in [5.41, 5.74) is 2.03. The molecule has 2 saturated carbocycles. The number of fused-ring (bicyclic) bond motifs is 2. The standard InChI is InChI=1S/C14H15FN2O2.C14H16N2O2.CH4/c1-2-19-14(18)12-11(15)10-4-3-7-16-13(10)17(12)8-9-5-6-9;1-2-18-14(17)12-8-11-4-3-7-15-13(11)16(12)9-10-5-6-10;/h3-4,7,9H,2,5-6,8H2,1H3;3-4,7-8,10H,2,5-6,9H2,1H3;1H4. The van der Waals surface area contributed by atoms with Crippen LogP contribution in [0.15, 0.2) is 42.7 Å². The van der Waals surface area contributed by atoms with Gasteiger partial charge in [-0.3, -0.25) is 0 Å². The van der Waals surface area contributed by atoms with E-state index in [-0.39, 0.29) is 25.7 Å². The van der Waals surface area contributed by atoms with Crippen molar-refractivity contribution in [3.63, 3.8) is 0 Å². The van der Waals surface area contributed by atoms with E-state index < -0.39 is 11.8 Å². The molecule has 0 spiro atoms. The average molecular weight is 523 g/mol. The van der Waals surface area contributed by atoms with Gasteiger partial charge in [-0.05, 0) is 81.7 Å². The largest absolute Gasteiger partial charge is 0.461 e. The minimum atomic E-state index is -0.612. The molecule has 0 saturated heterocycles. The van der Waals surface area contributed by atoms with Crippen molar-refractivity contribution >= 4 is 34.0 Å². The zero-order chi connectivity index (χ0) is 25.9. The van der Waals surface area contributed by atoms with Crippen LogP contribution in [-0.4, -0.2) is 44.3 Å². The SMILES string of the molecule is C.CCOC(=O)c1c(F)c2cccnc2n1CC1CC1.CCOC(=O)c1cc2cccnc2n1CC1CC1. The molecule has 0 bridgehead atoms. The summed E-state index contributed by atoms with van der Waals surface area (Å²) in [4.78, 5) is 32.5. The summed E-state index contributed by atoms with van der Waals surface area (Å²) in [6.07, 6.45) is 8.11. The van der Waals surface area contributed by atoms with Gasteiger partial charge in [-0.1, -0.05) is 7.43 Å². The number of ether oxygens (including phenoxy) is 2. The average Bonchev–Trinajstić information content (AvgIpc) is 3.83. The lowest BCUT2D eigenvalue weighted by Crippen LogP contribution is -2.15.